The predicted molar refractivity (Wildman–Crippen MR) is 79.0 cm³/mol. The van der Waals surface area contributed by atoms with Gasteiger partial charge in [0.05, 0.1) is 17.2 Å². The minimum absolute atomic E-state index is 0.302. The largest absolute Gasteiger partial charge is 0.437 e. The van der Waals surface area contributed by atoms with Crippen molar-refractivity contribution in [2.45, 2.75) is 6.54 Å². The maximum Gasteiger partial charge on any atom is 0.238 e. The van der Waals surface area contributed by atoms with E-state index in [1.165, 1.54) is 0 Å². The molecular weight excluding hydrogens is 274 g/mol. The van der Waals surface area contributed by atoms with Crippen molar-refractivity contribution in [3.63, 3.8) is 0 Å². The Morgan fingerprint density at radius 3 is 2.65 bits per heavy atom. The summed E-state index contributed by atoms with van der Waals surface area (Å²) < 4.78 is 5.75. The number of ether oxygens (including phenoxy) is 1. The molecule has 0 aliphatic rings. The summed E-state index contributed by atoms with van der Waals surface area (Å²) in [5, 5.41) is 0.582. The van der Waals surface area contributed by atoms with E-state index in [-0.39, 0.29) is 0 Å². The molecule has 0 unspecified atom stereocenters. The molecule has 0 aliphatic heterocycles. The number of halogens is 1. The molecule has 1 aromatic heterocycles. The molecule has 1 heterocycles. The van der Waals surface area contributed by atoms with Crippen LogP contribution >= 0.6 is 11.6 Å². The van der Waals surface area contributed by atoms with Gasteiger partial charge in [0.25, 0.3) is 0 Å². The van der Waals surface area contributed by atoms with Crippen LogP contribution in [0.5, 0.6) is 11.6 Å². The van der Waals surface area contributed by atoms with Gasteiger partial charge in [-0.1, -0.05) is 29.8 Å². The Bertz CT molecular complexity index is 761. The Kier molecular flexibility index (Phi) is 3.50. The third kappa shape index (κ3) is 2.43. The third-order valence-electron chi connectivity index (χ3n) is 2.92. The molecule has 4 nitrogen and oxygen atoms in total. The molecule has 2 N–H and O–H groups in total. The molecule has 0 aliphatic carbocycles. The first-order valence-corrected chi connectivity index (χ1v) is 6.53. The highest BCUT2D eigenvalue weighted by atomic mass is 35.5. The summed E-state index contributed by atoms with van der Waals surface area (Å²) in [6.45, 7) is 0.302. The molecule has 0 radical (unpaired) electrons. The van der Waals surface area contributed by atoms with Crippen LogP contribution in [0.2, 0.25) is 5.02 Å². The SMILES string of the molecule is NCc1c(Cl)cccc1Oc1cnc2ccccc2n1. The van der Waals surface area contributed by atoms with E-state index in [0.717, 1.165) is 16.6 Å². The van der Waals surface area contributed by atoms with Crippen molar-refractivity contribution in [1.29, 1.82) is 0 Å². The highest BCUT2D eigenvalue weighted by Crippen LogP contribution is 2.29. The van der Waals surface area contributed by atoms with Crippen LogP contribution in [0.4, 0.5) is 0 Å². The van der Waals surface area contributed by atoms with Crippen molar-refractivity contribution in [2.24, 2.45) is 5.73 Å². The van der Waals surface area contributed by atoms with E-state index < -0.39 is 0 Å². The van der Waals surface area contributed by atoms with Gasteiger partial charge in [0.1, 0.15) is 5.75 Å². The number of nitrogens with two attached hydrogens (primary N) is 1. The Labute approximate surface area is 121 Å². The predicted octanol–water partition coefficient (Wildman–Crippen LogP) is 3.53. The average Bonchev–Trinajstić information content (AvgIpc) is 2.47. The molecule has 5 heteroatoms. The molecule has 0 amide bonds. The summed E-state index contributed by atoms with van der Waals surface area (Å²) in [5.41, 5.74) is 8.05. The Morgan fingerprint density at radius 2 is 1.85 bits per heavy atom. The van der Waals surface area contributed by atoms with Crippen molar-refractivity contribution >= 4 is 22.6 Å². The normalized spacial score (nSPS) is 10.7. The van der Waals surface area contributed by atoms with Crippen molar-refractivity contribution in [3.8, 4) is 11.6 Å². The highest BCUT2D eigenvalue weighted by Gasteiger charge is 2.09. The monoisotopic (exact) mass is 285 g/mol. The van der Waals surface area contributed by atoms with Crippen LogP contribution in [0.3, 0.4) is 0 Å². The van der Waals surface area contributed by atoms with Crippen molar-refractivity contribution in [2.75, 3.05) is 0 Å². The molecule has 0 fully saturated rings. The van der Waals surface area contributed by atoms with Gasteiger partial charge in [0, 0.05) is 17.1 Å². The molecule has 0 spiro atoms. The van der Waals surface area contributed by atoms with Crippen LogP contribution in [-0.4, -0.2) is 9.97 Å². The number of hydrogen-bond donors (Lipinski definition) is 1. The summed E-state index contributed by atoms with van der Waals surface area (Å²) in [5.74, 6) is 1.02. The number of aromatic nitrogens is 2. The summed E-state index contributed by atoms with van der Waals surface area (Å²) in [6, 6.07) is 13.0. The lowest BCUT2D eigenvalue weighted by Gasteiger charge is -2.10. The summed E-state index contributed by atoms with van der Waals surface area (Å²) in [4.78, 5) is 8.71. The van der Waals surface area contributed by atoms with E-state index in [1.807, 2.05) is 36.4 Å². The topological polar surface area (TPSA) is 61.0 Å². The molecule has 2 aromatic carbocycles. The summed E-state index contributed by atoms with van der Waals surface area (Å²) >= 11 is 6.09. The minimum Gasteiger partial charge on any atom is -0.437 e. The van der Waals surface area contributed by atoms with Gasteiger partial charge in [0.15, 0.2) is 0 Å². The van der Waals surface area contributed by atoms with Crippen molar-refractivity contribution in [1.82, 2.24) is 9.97 Å². The average molecular weight is 286 g/mol. The molecule has 20 heavy (non-hydrogen) atoms. The van der Waals surface area contributed by atoms with E-state index in [4.69, 9.17) is 22.1 Å². The highest BCUT2D eigenvalue weighted by molar-refractivity contribution is 6.31. The van der Waals surface area contributed by atoms with Crippen LogP contribution < -0.4 is 10.5 Å². The second kappa shape index (κ2) is 5.45. The van der Waals surface area contributed by atoms with Crippen LogP contribution in [0.15, 0.2) is 48.7 Å². The Morgan fingerprint density at radius 1 is 1.05 bits per heavy atom. The van der Waals surface area contributed by atoms with Gasteiger partial charge < -0.3 is 10.5 Å². The van der Waals surface area contributed by atoms with Crippen LogP contribution in [-0.2, 0) is 6.54 Å². The van der Waals surface area contributed by atoms with E-state index in [0.29, 0.717) is 23.2 Å². The second-order valence-corrected chi connectivity index (χ2v) is 4.63. The number of para-hydroxylation sites is 2. The van der Waals surface area contributed by atoms with Crippen LogP contribution in [0, 0.1) is 0 Å². The van der Waals surface area contributed by atoms with Crippen molar-refractivity contribution in [3.05, 3.63) is 59.2 Å². The Balaban J connectivity index is 1.99. The third-order valence-corrected chi connectivity index (χ3v) is 3.28. The van der Waals surface area contributed by atoms with Crippen molar-refractivity contribution < 1.29 is 4.74 Å². The fraction of sp³-hybridized carbons (Fsp3) is 0.0667. The maximum absolute atomic E-state index is 6.09. The molecule has 0 saturated heterocycles. The smallest absolute Gasteiger partial charge is 0.238 e. The maximum atomic E-state index is 6.09. The van der Waals surface area contributed by atoms with Crippen LogP contribution in [0.25, 0.3) is 11.0 Å². The lowest BCUT2D eigenvalue weighted by atomic mass is 10.2. The molecule has 0 bridgehead atoms. The molecular formula is C15H12ClN3O. The quantitative estimate of drug-likeness (QED) is 0.799. The fourth-order valence-corrected chi connectivity index (χ4v) is 2.18. The van der Waals surface area contributed by atoms with Gasteiger partial charge in [-0.05, 0) is 24.3 Å². The van der Waals surface area contributed by atoms with E-state index >= 15 is 0 Å². The molecule has 100 valence electrons. The van der Waals surface area contributed by atoms with E-state index in [1.54, 1.807) is 12.3 Å². The van der Waals surface area contributed by atoms with Gasteiger partial charge >= 0.3 is 0 Å². The van der Waals surface area contributed by atoms with Crippen LogP contribution in [0.1, 0.15) is 5.56 Å². The molecule has 3 rings (SSSR count). The standard InChI is InChI=1S/C15H12ClN3O/c16-11-4-3-7-14(10(11)8-17)20-15-9-18-12-5-1-2-6-13(12)19-15/h1-7,9H,8,17H2. The first kappa shape index (κ1) is 12.8. The first-order valence-electron chi connectivity index (χ1n) is 6.15. The first-order chi connectivity index (χ1) is 9.78. The second-order valence-electron chi connectivity index (χ2n) is 4.22. The van der Waals surface area contributed by atoms with Gasteiger partial charge in [-0.15, -0.1) is 0 Å². The number of rotatable bonds is 3. The fourth-order valence-electron chi connectivity index (χ4n) is 1.93. The van der Waals surface area contributed by atoms with Gasteiger partial charge in [-0.3, -0.25) is 0 Å². The van der Waals surface area contributed by atoms with Gasteiger partial charge in [-0.2, -0.15) is 0 Å². The zero-order chi connectivity index (χ0) is 13.9. The number of nitrogens with zero attached hydrogens (tertiary/aromatic N) is 2. The molecule has 0 saturated carbocycles. The Hall–Kier alpha value is -2.17. The molecule has 0 atom stereocenters. The number of fused-ring (bicyclic) bond motifs is 1. The van der Waals surface area contributed by atoms with Gasteiger partial charge in [0.2, 0.25) is 5.88 Å². The minimum atomic E-state index is 0.302. The lowest BCUT2D eigenvalue weighted by Crippen LogP contribution is -2.01. The van der Waals surface area contributed by atoms with Gasteiger partial charge in [-0.25, -0.2) is 9.97 Å². The molecule has 3 aromatic rings. The number of benzene rings is 2. The zero-order valence-corrected chi connectivity index (χ0v) is 11.3. The summed E-state index contributed by atoms with van der Waals surface area (Å²) in [6.07, 6.45) is 1.59. The zero-order valence-electron chi connectivity index (χ0n) is 10.6. The van der Waals surface area contributed by atoms with E-state index in [2.05, 4.69) is 9.97 Å². The number of hydrogen-bond acceptors (Lipinski definition) is 4. The lowest BCUT2D eigenvalue weighted by molar-refractivity contribution is 0.457. The summed E-state index contributed by atoms with van der Waals surface area (Å²) in [7, 11) is 0. The van der Waals surface area contributed by atoms with E-state index in [9.17, 15) is 0 Å².